The summed E-state index contributed by atoms with van der Waals surface area (Å²) in [5.74, 6) is -1.51. The summed E-state index contributed by atoms with van der Waals surface area (Å²) in [6.45, 7) is 3.54. The zero-order valence-corrected chi connectivity index (χ0v) is 13.3. The number of aryl methyl sites for hydroxylation is 2. The second-order valence-corrected chi connectivity index (χ2v) is 5.53. The van der Waals surface area contributed by atoms with Crippen LogP contribution in [0.3, 0.4) is 0 Å². The summed E-state index contributed by atoms with van der Waals surface area (Å²) in [7, 11) is 0. The number of hydrogen-bond acceptors (Lipinski definition) is 5. The van der Waals surface area contributed by atoms with E-state index in [9.17, 15) is 18.0 Å². The van der Waals surface area contributed by atoms with Crippen molar-refractivity contribution < 1.29 is 17.7 Å². The molecule has 130 valence electrons. The van der Waals surface area contributed by atoms with Gasteiger partial charge in [-0.1, -0.05) is 29.4 Å². The second kappa shape index (κ2) is 6.15. The van der Waals surface area contributed by atoms with Crippen molar-refractivity contribution in [3.63, 3.8) is 0 Å². The van der Waals surface area contributed by atoms with Crippen molar-refractivity contribution in [1.29, 1.82) is 0 Å². The maximum Gasteiger partial charge on any atom is 0.471 e. The van der Waals surface area contributed by atoms with Gasteiger partial charge in [0.15, 0.2) is 0 Å². The number of alkyl halides is 3. The number of rotatable bonds is 3. The van der Waals surface area contributed by atoms with Gasteiger partial charge in [-0.05, 0) is 25.0 Å². The fourth-order valence-electron chi connectivity index (χ4n) is 2.45. The Morgan fingerprint density at radius 3 is 2.36 bits per heavy atom. The highest BCUT2D eigenvalue weighted by Gasteiger charge is 2.38. The minimum absolute atomic E-state index is 0.128. The van der Waals surface area contributed by atoms with Gasteiger partial charge in [0.2, 0.25) is 5.82 Å². The summed E-state index contributed by atoms with van der Waals surface area (Å²) < 4.78 is 41.7. The van der Waals surface area contributed by atoms with E-state index in [0.29, 0.717) is 17.7 Å². The third-order valence-corrected chi connectivity index (χ3v) is 3.71. The molecule has 0 saturated carbocycles. The Bertz CT molecular complexity index is 932. The van der Waals surface area contributed by atoms with Crippen LogP contribution >= 0.6 is 0 Å². The minimum atomic E-state index is -4.67. The molecule has 0 aliphatic rings. The zero-order valence-electron chi connectivity index (χ0n) is 13.3. The molecule has 0 fully saturated rings. The molecule has 0 saturated heterocycles. The Morgan fingerprint density at radius 2 is 1.80 bits per heavy atom. The lowest BCUT2D eigenvalue weighted by atomic mass is 10.0. The van der Waals surface area contributed by atoms with Crippen LogP contribution < -0.4 is 5.69 Å². The summed E-state index contributed by atoms with van der Waals surface area (Å²) >= 11 is 0. The van der Waals surface area contributed by atoms with Gasteiger partial charge in [-0.3, -0.25) is 0 Å². The van der Waals surface area contributed by atoms with Crippen molar-refractivity contribution in [1.82, 2.24) is 20.1 Å². The molecular weight excluding hydrogens is 337 g/mol. The Balaban J connectivity index is 1.84. The highest BCUT2D eigenvalue weighted by molar-refractivity contribution is 5.55. The summed E-state index contributed by atoms with van der Waals surface area (Å²) in [6, 6.07) is 6.74. The average Bonchev–Trinajstić information content (AvgIpc) is 3.01. The minimum Gasteiger partial charge on any atom is -0.329 e. The van der Waals surface area contributed by atoms with Gasteiger partial charge in [0, 0.05) is 23.4 Å². The first-order valence-electron chi connectivity index (χ1n) is 7.30. The van der Waals surface area contributed by atoms with E-state index in [4.69, 9.17) is 0 Å². The van der Waals surface area contributed by atoms with Gasteiger partial charge < -0.3 is 9.51 Å². The molecular formula is C16H13F3N4O2. The van der Waals surface area contributed by atoms with Gasteiger partial charge in [0.05, 0.1) is 0 Å². The molecule has 25 heavy (non-hydrogen) atoms. The summed E-state index contributed by atoms with van der Waals surface area (Å²) in [6.07, 6.45) is -4.14. The number of aromatic nitrogens is 4. The Labute approximate surface area is 139 Å². The number of H-pyrrole nitrogens is 1. The third-order valence-electron chi connectivity index (χ3n) is 3.71. The predicted molar refractivity (Wildman–Crippen MR) is 81.9 cm³/mol. The molecule has 0 bridgehead atoms. The first-order valence-corrected chi connectivity index (χ1v) is 7.30. The first kappa shape index (κ1) is 16.9. The molecule has 0 radical (unpaired) electrons. The zero-order chi connectivity index (χ0) is 18.2. The Kier molecular flexibility index (Phi) is 4.15. The van der Waals surface area contributed by atoms with Crippen molar-refractivity contribution in [3.8, 4) is 11.4 Å². The van der Waals surface area contributed by atoms with Crippen LogP contribution in [0.25, 0.3) is 11.4 Å². The quantitative estimate of drug-likeness (QED) is 0.785. The molecule has 0 atom stereocenters. The van der Waals surface area contributed by atoms with Gasteiger partial charge in [0.1, 0.15) is 0 Å². The average molecular weight is 350 g/mol. The van der Waals surface area contributed by atoms with Gasteiger partial charge >= 0.3 is 17.8 Å². The highest BCUT2D eigenvalue weighted by atomic mass is 19.4. The number of benzene rings is 1. The highest BCUT2D eigenvalue weighted by Crippen LogP contribution is 2.29. The van der Waals surface area contributed by atoms with Crippen LogP contribution in [0.15, 0.2) is 33.6 Å². The van der Waals surface area contributed by atoms with Crippen molar-refractivity contribution in [2.45, 2.75) is 26.4 Å². The van der Waals surface area contributed by atoms with Crippen LogP contribution in [0.1, 0.15) is 28.4 Å². The van der Waals surface area contributed by atoms with E-state index in [1.165, 1.54) is 0 Å². The van der Waals surface area contributed by atoms with Crippen molar-refractivity contribution in [2.75, 3.05) is 0 Å². The Hall–Kier alpha value is -2.97. The first-order chi connectivity index (χ1) is 11.7. The van der Waals surface area contributed by atoms with Crippen LogP contribution in [0.2, 0.25) is 0 Å². The molecule has 9 heteroatoms. The van der Waals surface area contributed by atoms with Crippen LogP contribution in [0.5, 0.6) is 0 Å². The lowest BCUT2D eigenvalue weighted by molar-refractivity contribution is -0.159. The van der Waals surface area contributed by atoms with Crippen molar-refractivity contribution >= 4 is 0 Å². The van der Waals surface area contributed by atoms with Gasteiger partial charge in [-0.25, -0.2) is 4.79 Å². The number of nitrogens with zero attached hydrogens (tertiary/aromatic N) is 3. The number of halogens is 3. The van der Waals surface area contributed by atoms with E-state index in [0.717, 1.165) is 16.8 Å². The molecule has 1 aromatic carbocycles. The molecule has 2 heterocycles. The predicted octanol–water partition coefficient (Wildman–Crippen LogP) is 3.05. The monoisotopic (exact) mass is 350 g/mol. The normalized spacial score (nSPS) is 11.7. The van der Waals surface area contributed by atoms with Gasteiger partial charge in [-0.15, -0.1) is 0 Å². The van der Waals surface area contributed by atoms with E-state index in [-0.39, 0.29) is 5.82 Å². The van der Waals surface area contributed by atoms with E-state index in [2.05, 4.69) is 24.6 Å². The topological polar surface area (TPSA) is 84.7 Å². The molecule has 0 unspecified atom stereocenters. The van der Waals surface area contributed by atoms with Crippen LogP contribution in [-0.2, 0) is 12.6 Å². The Morgan fingerprint density at radius 1 is 1.12 bits per heavy atom. The molecule has 6 nitrogen and oxygen atoms in total. The second-order valence-electron chi connectivity index (χ2n) is 5.53. The molecule has 1 N–H and O–H groups in total. The molecule has 0 aliphatic heterocycles. The van der Waals surface area contributed by atoms with Crippen LogP contribution in [0, 0.1) is 13.8 Å². The maximum atomic E-state index is 12.5. The van der Waals surface area contributed by atoms with E-state index >= 15 is 0 Å². The SMILES string of the molecule is Cc1nc(=O)[nH]c(C)c1Cc1ccc(-c2noc(C(F)(F)F)n2)cc1. The van der Waals surface area contributed by atoms with E-state index in [1.54, 1.807) is 38.1 Å². The van der Waals surface area contributed by atoms with Gasteiger partial charge in [-0.2, -0.15) is 23.1 Å². The molecule has 2 aromatic heterocycles. The largest absolute Gasteiger partial charge is 0.471 e. The fraction of sp³-hybridized carbons (Fsp3) is 0.250. The summed E-state index contributed by atoms with van der Waals surface area (Å²) in [5, 5.41) is 3.35. The number of aromatic amines is 1. The summed E-state index contributed by atoms with van der Waals surface area (Å²) in [4.78, 5) is 21.2. The number of hydrogen-bond donors (Lipinski definition) is 1. The molecule has 0 spiro atoms. The molecule has 3 rings (SSSR count). The smallest absolute Gasteiger partial charge is 0.329 e. The number of nitrogens with one attached hydrogen (secondary N) is 1. The van der Waals surface area contributed by atoms with Crippen LogP contribution in [0.4, 0.5) is 13.2 Å². The van der Waals surface area contributed by atoms with E-state index < -0.39 is 17.8 Å². The molecule has 3 aromatic rings. The third kappa shape index (κ3) is 3.59. The maximum absolute atomic E-state index is 12.5. The molecule has 0 aliphatic carbocycles. The standard InChI is InChI=1S/C16H13F3N4O2/c1-8-12(9(2)21-15(24)20-8)7-10-3-5-11(6-4-10)13-22-14(25-23-13)16(17,18)19/h3-6H,7H2,1-2H3,(H,20,21,24). The van der Waals surface area contributed by atoms with Crippen molar-refractivity contribution in [2.24, 2.45) is 0 Å². The summed E-state index contributed by atoms with van der Waals surface area (Å²) in [5.41, 5.74) is 3.19. The lowest BCUT2D eigenvalue weighted by Gasteiger charge is -2.08. The van der Waals surface area contributed by atoms with Crippen molar-refractivity contribution in [3.05, 3.63) is 63.2 Å². The fourth-order valence-corrected chi connectivity index (χ4v) is 2.45. The molecule has 0 amide bonds. The lowest BCUT2D eigenvalue weighted by Crippen LogP contribution is -2.16. The van der Waals surface area contributed by atoms with Gasteiger partial charge in [0.25, 0.3) is 0 Å². The van der Waals surface area contributed by atoms with Crippen LogP contribution in [-0.4, -0.2) is 20.1 Å². The van der Waals surface area contributed by atoms with E-state index in [1.807, 2.05) is 0 Å².